The van der Waals surface area contributed by atoms with Crippen molar-refractivity contribution in [3.63, 3.8) is 0 Å². The molecule has 0 aliphatic carbocycles. The Morgan fingerprint density at radius 3 is 2.83 bits per heavy atom. The topological polar surface area (TPSA) is 55.6 Å². The van der Waals surface area contributed by atoms with Gasteiger partial charge in [0.25, 0.3) is 0 Å². The molecule has 114 valence electrons. The first-order valence-electron chi connectivity index (χ1n) is 7.41. The largest absolute Gasteiger partial charge is 0.368 e. The number of hydrogen-bond donors (Lipinski definition) is 1. The summed E-state index contributed by atoms with van der Waals surface area (Å²) in [5.74, 6) is 0.876. The number of anilines is 1. The number of thiophene rings is 1. The van der Waals surface area contributed by atoms with Gasteiger partial charge in [0.15, 0.2) is 0 Å². The number of hydrogen-bond acceptors (Lipinski definition) is 5. The molecule has 0 saturated heterocycles. The Balaban J connectivity index is 1.58. The summed E-state index contributed by atoms with van der Waals surface area (Å²) in [5.41, 5.74) is 1.21. The third-order valence-electron chi connectivity index (χ3n) is 3.58. The first-order chi connectivity index (χ1) is 11.4. The average Bonchev–Trinajstić information content (AvgIpc) is 3.25. The van der Waals surface area contributed by atoms with Crippen LogP contribution >= 0.6 is 11.3 Å². The standard InChI is InChI=1S/C17H15N5S/c1-2-5-13(6-3-1)15-11-14-16(19-12-20-17(14)23-15)18-8-10-22-9-4-7-21-22/h1-7,9,11-12H,8,10H2,(H,18,19,20). The van der Waals surface area contributed by atoms with E-state index in [4.69, 9.17) is 0 Å². The van der Waals surface area contributed by atoms with E-state index in [9.17, 15) is 0 Å². The van der Waals surface area contributed by atoms with Gasteiger partial charge >= 0.3 is 0 Å². The molecule has 23 heavy (non-hydrogen) atoms. The molecule has 0 aliphatic rings. The van der Waals surface area contributed by atoms with E-state index in [1.165, 1.54) is 10.4 Å². The molecule has 4 rings (SSSR count). The fraction of sp³-hybridized carbons (Fsp3) is 0.118. The highest BCUT2D eigenvalue weighted by Crippen LogP contribution is 2.34. The van der Waals surface area contributed by atoms with Crippen LogP contribution in [-0.4, -0.2) is 26.3 Å². The minimum Gasteiger partial charge on any atom is -0.368 e. The van der Waals surface area contributed by atoms with Crippen LogP contribution in [0.4, 0.5) is 5.82 Å². The second-order valence-electron chi connectivity index (χ2n) is 5.11. The van der Waals surface area contributed by atoms with Crippen LogP contribution in [0.15, 0.2) is 61.2 Å². The maximum atomic E-state index is 4.40. The zero-order valence-electron chi connectivity index (χ0n) is 12.4. The van der Waals surface area contributed by atoms with Crippen molar-refractivity contribution in [2.24, 2.45) is 0 Å². The third kappa shape index (κ3) is 2.93. The Bertz CT molecular complexity index is 899. The number of nitrogens with zero attached hydrogens (tertiary/aromatic N) is 4. The molecule has 6 heteroatoms. The van der Waals surface area contributed by atoms with E-state index in [2.05, 4.69) is 50.7 Å². The second kappa shape index (κ2) is 6.18. The van der Waals surface area contributed by atoms with Crippen molar-refractivity contribution in [3.05, 3.63) is 61.2 Å². The zero-order chi connectivity index (χ0) is 15.5. The lowest BCUT2D eigenvalue weighted by Crippen LogP contribution is -2.11. The van der Waals surface area contributed by atoms with Crippen LogP contribution in [0.3, 0.4) is 0 Å². The molecule has 0 fully saturated rings. The lowest BCUT2D eigenvalue weighted by molar-refractivity contribution is 0.637. The molecule has 0 radical (unpaired) electrons. The van der Waals surface area contributed by atoms with Gasteiger partial charge in [0.2, 0.25) is 0 Å². The van der Waals surface area contributed by atoms with E-state index in [-0.39, 0.29) is 0 Å². The van der Waals surface area contributed by atoms with Gasteiger partial charge in [-0.05, 0) is 17.7 Å². The first-order valence-corrected chi connectivity index (χ1v) is 8.23. The Morgan fingerprint density at radius 2 is 2.00 bits per heavy atom. The van der Waals surface area contributed by atoms with Crippen LogP contribution in [-0.2, 0) is 6.54 Å². The normalized spacial score (nSPS) is 11.0. The monoisotopic (exact) mass is 321 g/mol. The van der Waals surface area contributed by atoms with Gasteiger partial charge in [-0.1, -0.05) is 30.3 Å². The summed E-state index contributed by atoms with van der Waals surface area (Å²) in [6.45, 7) is 1.57. The summed E-state index contributed by atoms with van der Waals surface area (Å²) in [6, 6.07) is 14.4. The Kier molecular flexibility index (Phi) is 3.73. The van der Waals surface area contributed by atoms with Gasteiger partial charge in [-0.25, -0.2) is 9.97 Å². The molecule has 1 aromatic carbocycles. The van der Waals surface area contributed by atoms with Crippen molar-refractivity contribution in [1.29, 1.82) is 0 Å². The molecule has 3 heterocycles. The third-order valence-corrected chi connectivity index (χ3v) is 4.67. The van der Waals surface area contributed by atoms with Gasteiger partial charge in [-0.3, -0.25) is 4.68 Å². The van der Waals surface area contributed by atoms with Gasteiger partial charge in [-0.15, -0.1) is 11.3 Å². The van der Waals surface area contributed by atoms with Gasteiger partial charge in [0.05, 0.1) is 11.9 Å². The number of rotatable bonds is 5. The summed E-state index contributed by atoms with van der Waals surface area (Å²) in [5, 5.41) is 8.65. The number of nitrogens with one attached hydrogen (secondary N) is 1. The van der Waals surface area contributed by atoms with Crippen molar-refractivity contribution in [1.82, 2.24) is 19.7 Å². The van der Waals surface area contributed by atoms with Crippen LogP contribution < -0.4 is 5.32 Å². The van der Waals surface area contributed by atoms with E-state index < -0.39 is 0 Å². The molecule has 0 saturated carbocycles. The van der Waals surface area contributed by atoms with Crippen molar-refractivity contribution in [2.75, 3.05) is 11.9 Å². The Morgan fingerprint density at radius 1 is 1.09 bits per heavy atom. The molecule has 0 aliphatic heterocycles. The summed E-state index contributed by atoms with van der Waals surface area (Å²) < 4.78 is 1.90. The van der Waals surface area contributed by atoms with E-state index >= 15 is 0 Å². The summed E-state index contributed by atoms with van der Waals surface area (Å²) in [4.78, 5) is 11.0. The molecule has 5 nitrogen and oxygen atoms in total. The van der Waals surface area contributed by atoms with E-state index in [0.717, 1.165) is 29.1 Å². The van der Waals surface area contributed by atoms with Gasteiger partial charge in [-0.2, -0.15) is 5.10 Å². The van der Waals surface area contributed by atoms with Gasteiger partial charge < -0.3 is 5.32 Å². The maximum absolute atomic E-state index is 4.40. The van der Waals surface area contributed by atoms with Gasteiger partial charge in [0.1, 0.15) is 17.0 Å². The van der Waals surface area contributed by atoms with Crippen molar-refractivity contribution < 1.29 is 0 Å². The van der Waals surface area contributed by atoms with Gasteiger partial charge in [0, 0.05) is 23.8 Å². The Labute approximate surface area is 137 Å². The van der Waals surface area contributed by atoms with Crippen molar-refractivity contribution >= 4 is 27.4 Å². The minimum absolute atomic E-state index is 0.768. The maximum Gasteiger partial charge on any atom is 0.138 e. The highest BCUT2D eigenvalue weighted by Gasteiger charge is 2.09. The van der Waals surface area contributed by atoms with Crippen LogP contribution in [0.2, 0.25) is 0 Å². The fourth-order valence-electron chi connectivity index (χ4n) is 2.46. The smallest absolute Gasteiger partial charge is 0.138 e. The predicted octanol–water partition coefficient (Wildman–Crippen LogP) is 3.67. The lowest BCUT2D eigenvalue weighted by atomic mass is 10.2. The molecular weight excluding hydrogens is 306 g/mol. The van der Waals surface area contributed by atoms with Crippen LogP contribution in [0.25, 0.3) is 20.7 Å². The molecule has 1 N–H and O–H groups in total. The van der Waals surface area contributed by atoms with Crippen LogP contribution in [0, 0.1) is 0 Å². The highest BCUT2D eigenvalue weighted by atomic mass is 32.1. The Hall–Kier alpha value is -2.73. The summed E-state index contributed by atoms with van der Waals surface area (Å²) >= 11 is 1.69. The molecule has 3 aromatic heterocycles. The van der Waals surface area contributed by atoms with Crippen LogP contribution in [0.5, 0.6) is 0 Å². The molecule has 4 aromatic rings. The molecule has 0 unspecified atom stereocenters. The van der Waals surface area contributed by atoms with Crippen molar-refractivity contribution in [2.45, 2.75) is 6.54 Å². The van der Waals surface area contributed by atoms with Crippen molar-refractivity contribution in [3.8, 4) is 10.4 Å². The number of benzene rings is 1. The second-order valence-corrected chi connectivity index (χ2v) is 6.14. The quantitative estimate of drug-likeness (QED) is 0.609. The molecule has 0 amide bonds. The fourth-order valence-corrected chi connectivity index (χ4v) is 3.47. The first kappa shape index (κ1) is 13.9. The lowest BCUT2D eigenvalue weighted by Gasteiger charge is -2.06. The predicted molar refractivity (Wildman–Crippen MR) is 93.6 cm³/mol. The molecular formula is C17H15N5S. The van der Waals surface area contributed by atoms with Crippen LogP contribution in [0.1, 0.15) is 0 Å². The number of aromatic nitrogens is 4. The van der Waals surface area contributed by atoms with E-state index in [1.54, 1.807) is 23.9 Å². The van der Waals surface area contributed by atoms with E-state index in [0.29, 0.717) is 0 Å². The highest BCUT2D eigenvalue weighted by molar-refractivity contribution is 7.21. The molecule has 0 bridgehead atoms. The summed E-state index contributed by atoms with van der Waals surface area (Å²) in [6.07, 6.45) is 5.35. The van der Waals surface area contributed by atoms with E-state index in [1.807, 2.05) is 23.0 Å². The molecule has 0 spiro atoms. The molecule has 0 atom stereocenters. The minimum atomic E-state index is 0.768. The summed E-state index contributed by atoms with van der Waals surface area (Å²) in [7, 11) is 0. The average molecular weight is 321 g/mol. The zero-order valence-corrected chi connectivity index (χ0v) is 13.2. The number of fused-ring (bicyclic) bond motifs is 1. The SMILES string of the molecule is c1ccc(-c2cc3c(NCCn4cccn4)ncnc3s2)cc1.